The fraction of sp³-hybridized carbons (Fsp3) is 0.500. The van der Waals surface area contributed by atoms with Crippen molar-refractivity contribution in [2.75, 3.05) is 6.54 Å². The molecule has 2 atom stereocenters. The van der Waals surface area contributed by atoms with Crippen LogP contribution >= 0.6 is 0 Å². The normalized spacial score (nSPS) is 26.1. The van der Waals surface area contributed by atoms with Crippen LogP contribution in [0.5, 0.6) is 0 Å². The Kier molecular flexibility index (Phi) is 2.91. The van der Waals surface area contributed by atoms with Gasteiger partial charge >= 0.3 is 5.97 Å². The molecular weight excluding hydrogens is 194 g/mol. The lowest BCUT2D eigenvalue weighted by molar-refractivity contribution is -0.140. The molecule has 0 spiro atoms. The fourth-order valence-corrected chi connectivity index (χ4v) is 2.01. The first-order valence-electron chi connectivity index (χ1n) is 5.00. The van der Waals surface area contributed by atoms with Gasteiger partial charge in [-0.25, -0.2) is 9.97 Å². The highest BCUT2D eigenvalue weighted by Gasteiger charge is 2.31. The molecule has 0 aliphatic carbocycles. The third kappa shape index (κ3) is 2.12. The molecule has 1 aromatic rings. The van der Waals surface area contributed by atoms with Crippen molar-refractivity contribution in [2.45, 2.75) is 24.8 Å². The Balaban J connectivity index is 2.22. The quantitative estimate of drug-likeness (QED) is 0.734. The van der Waals surface area contributed by atoms with Gasteiger partial charge in [-0.15, -0.1) is 0 Å². The highest BCUT2D eigenvalue weighted by Crippen LogP contribution is 2.26. The van der Waals surface area contributed by atoms with E-state index >= 15 is 0 Å². The topological polar surface area (TPSA) is 75.1 Å². The van der Waals surface area contributed by atoms with Crippen LogP contribution in [-0.4, -0.2) is 33.6 Å². The summed E-state index contributed by atoms with van der Waals surface area (Å²) in [7, 11) is 0. The van der Waals surface area contributed by atoms with Crippen molar-refractivity contribution in [3.8, 4) is 0 Å². The highest BCUT2D eigenvalue weighted by atomic mass is 16.4. The lowest BCUT2D eigenvalue weighted by Crippen LogP contribution is -2.45. The van der Waals surface area contributed by atoms with Gasteiger partial charge in [-0.05, 0) is 24.9 Å². The molecule has 5 heteroatoms. The number of nitrogens with zero attached hydrogens (tertiary/aromatic N) is 2. The Bertz CT molecular complexity index is 342. The molecule has 0 aromatic carbocycles. The lowest BCUT2D eigenvalue weighted by Gasteiger charge is -2.29. The SMILES string of the molecule is O=C(O)C1NCCCC1c1cncnc1. The molecule has 0 bridgehead atoms. The molecule has 5 nitrogen and oxygen atoms in total. The second-order valence-corrected chi connectivity index (χ2v) is 3.69. The van der Waals surface area contributed by atoms with Gasteiger partial charge in [-0.3, -0.25) is 4.79 Å². The lowest BCUT2D eigenvalue weighted by atomic mass is 9.86. The number of hydrogen-bond acceptors (Lipinski definition) is 4. The molecule has 1 aliphatic heterocycles. The van der Waals surface area contributed by atoms with Gasteiger partial charge in [0.1, 0.15) is 12.4 Å². The van der Waals surface area contributed by atoms with Crippen molar-refractivity contribution < 1.29 is 9.90 Å². The van der Waals surface area contributed by atoms with Crippen LogP contribution in [0.1, 0.15) is 24.3 Å². The van der Waals surface area contributed by atoms with Crippen LogP contribution in [0.15, 0.2) is 18.7 Å². The second kappa shape index (κ2) is 4.35. The monoisotopic (exact) mass is 207 g/mol. The number of nitrogens with one attached hydrogen (secondary N) is 1. The van der Waals surface area contributed by atoms with Crippen molar-refractivity contribution in [2.24, 2.45) is 0 Å². The molecule has 0 saturated carbocycles. The van der Waals surface area contributed by atoms with Gasteiger partial charge in [-0.1, -0.05) is 0 Å². The number of carboxylic acid groups (broad SMARTS) is 1. The van der Waals surface area contributed by atoms with Gasteiger partial charge in [0, 0.05) is 18.3 Å². The van der Waals surface area contributed by atoms with Gasteiger partial charge in [0.05, 0.1) is 0 Å². The number of piperidine rings is 1. The Hall–Kier alpha value is -1.49. The van der Waals surface area contributed by atoms with Crippen molar-refractivity contribution in [3.63, 3.8) is 0 Å². The summed E-state index contributed by atoms with van der Waals surface area (Å²) in [5.41, 5.74) is 0.900. The molecule has 2 rings (SSSR count). The average Bonchev–Trinajstić information content (AvgIpc) is 2.30. The van der Waals surface area contributed by atoms with E-state index in [1.165, 1.54) is 6.33 Å². The molecule has 2 N–H and O–H groups in total. The van der Waals surface area contributed by atoms with E-state index in [-0.39, 0.29) is 5.92 Å². The van der Waals surface area contributed by atoms with Gasteiger partial charge in [-0.2, -0.15) is 0 Å². The summed E-state index contributed by atoms with van der Waals surface area (Å²) < 4.78 is 0. The van der Waals surface area contributed by atoms with Crippen molar-refractivity contribution in [1.29, 1.82) is 0 Å². The van der Waals surface area contributed by atoms with Crippen LogP contribution < -0.4 is 5.32 Å². The minimum atomic E-state index is -0.802. The molecule has 80 valence electrons. The number of aliphatic carboxylic acids is 1. The average molecular weight is 207 g/mol. The number of carboxylic acids is 1. The van der Waals surface area contributed by atoms with Gasteiger partial charge in [0.25, 0.3) is 0 Å². The zero-order valence-electron chi connectivity index (χ0n) is 8.26. The van der Waals surface area contributed by atoms with Gasteiger partial charge in [0.15, 0.2) is 0 Å². The van der Waals surface area contributed by atoms with E-state index in [0.717, 1.165) is 24.9 Å². The minimum absolute atomic E-state index is 0.0163. The number of carbonyl (C=O) groups is 1. The molecule has 1 aliphatic rings. The first-order chi connectivity index (χ1) is 7.29. The summed E-state index contributed by atoms with van der Waals surface area (Å²) in [6.45, 7) is 0.765. The first kappa shape index (κ1) is 10.0. The maximum atomic E-state index is 11.0. The van der Waals surface area contributed by atoms with E-state index in [4.69, 9.17) is 5.11 Å². The highest BCUT2D eigenvalue weighted by molar-refractivity contribution is 5.75. The van der Waals surface area contributed by atoms with Crippen molar-refractivity contribution in [1.82, 2.24) is 15.3 Å². The first-order valence-corrected chi connectivity index (χ1v) is 5.00. The van der Waals surface area contributed by atoms with Crippen LogP contribution in [0.2, 0.25) is 0 Å². The van der Waals surface area contributed by atoms with E-state index in [1.54, 1.807) is 12.4 Å². The summed E-state index contributed by atoms with van der Waals surface area (Å²) in [5.74, 6) is -0.819. The number of hydrogen-bond donors (Lipinski definition) is 2. The fourth-order valence-electron chi connectivity index (χ4n) is 2.01. The van der Waals surface area contributed by atoms with Crippen LogP contribution in [0.3, 0.4) is 0 Å². The number of aromatic nitrogens is 2. The Morgan fingerprint density at radius 2 is 2.20 bits per heavy atom. The maximum absolute atomic E-state index is 11.0. The summed E-state index contributed by atoms with van der Waals surface area (Å²) in [6, 6.07) is -0.509. The largest absolute Gasteiger partial charge is 0.480 e. The summed E-state index contributed by atoms with van der Waals surface area (Å²) in [4.78, 5) is 18.9. The third-order valence-electron chi connectivity index (χ3n) is 2.73. The standard InChI is InChI=1S/C10H13N3O2/c14-10(15)9-8(2-1-3-13-9)7-4-11-6-12-5-7/h4-6,8-9,13H,1-3H2,(H,14,15). The molecule has 1 aromatic heterocycles. The van der Waals surface area contributed by atoms with E-state index in [2.05, 4.69) is 15.3 Å². The van der Waals surface area contributed by atoms with E-state index in [1.807, 2.05) is 0 Å². The number of rotatable bonds is 2. The Morgan fingerprint density at radius 1 is 1.47 bits per heavy atom. The maximum Gasteiger partial charge on any atom is 0.321 e. The molecule has 2 heterocycles. The Morgan fingerprint density at radius 3 is 2.87 bits per heavy atom. The van der Waals surface area contributed by atoms with E-state index in [9.17, 15) is 4.79 Å². The predicted molar refractivity (Wildman–Crippen MR) is 53.4 cm³/mol. The molecule has 2 unspecified atom stereocenters. The molecule has 1 saturated heterocycles. The summed E-state index contributed by atoms with van der Waals surface area (Å²) in [6.07, 6.45) is 6.71. The molecule has 1 fully saturated rings. The zero-order valence-corrected chi connectivity index (χ0v) is 8.26. The zero-order chi connectivity index (χ0) is 10.7. The van der Waals surface area contributed by atoms with Crippen LogP contribution in [0.25, 0.3) is 0 Å². The molecule has 15 heavy (non-hydrogen) atoms. The van der Waals surface area contributed by atoms with Crippen molar-refractivity contribution >= 4 is 5.97 Å². The van der Waals surface area contributed by atoms with Gasteiger partial charge < -0.3 is 10.4 Å². The summed E-state index contributed by atoms with van der Waals surface area (Å²) in [5, 5.41) is 12.1. The van der Waals surface area contributed by atoms with Crippen LogP contribution in [0, 0.1) is 0 Å². The van der Waals surface area contributed by atoms with Gasteiger partial charge in [0.2, 0.25) is 0 Å². The van der Waals surface area contributed by atoms with Crippen LogP contribution in [0.4, 0.5) is 0 Å². The van der Waals surface area contributed by atoms with E-state index < -0.39 is 12.0 Å². The molecular formula is C10H13N3O2. The van der Waals surface area contributed by atoms with Crippen molar-refractivity contribution in [3.05, 3.63) is 24.3 Å². The van der Waals surface area contributed by atoms with E-state index in [0.29, 0.717) is 0 Å². The minimum Gasteiger partial charge on any atom is -0.480 e. The third-order valence-corrected chi connectivity index (χ3v) is 2.73. The smallest absolute Gasteiger partial charge is 0.321 e. The molecule has 0 amide bonds. The molecule has 0 radical (unpaired) electrons. The second-order valence-electron chi connectivity index (χ2n) is 3.69. The Labute approximate surface area is 87.6 Å². The summed E-state index contributed by atoms with van der Waals surface area (Å²) >= 11 is 0. The van der Waals surface area contributed by atoms with Crippen LogP contribution in [-0.2, 0) is 4.79 Å². The predicted octanol–water partition coefficient (Wildman–Crippen LogP) is 0.397.